The molecule has 2 N–H and O–H groups in total. The number of carbonyl (C=O) groups is 4. The molecular formula is C39H29Cl2FN4O8. The largest absolute Gasteiger partial charge is 0.503 e. The first-order valence-corrected chi connectivity index (χ1v) is 17.7. The molecular weight excluding hydrogens is 742 g/mol. The van der Waals surface area contributed by atoms with E-state index >= 15 is 4.79 Å². The number of methoxy groups -OCH3 is 1. The van der Waals surface area contributed by atoms with Crippen molar-refractivity contribution in [2.75, 3.05) is 17.4 Å². The number of fused-ring (bicyclic) bond motifs is 4. The van der Waals surface area contributed by atoms with Crippen LogP contribution in [0.5, 0.6) is 11.5 Å². The maximum Gasteiger partial charge on any atom is 0.269 e. The molecule has 4 aromatic carbocycles. The van der Waals surface area contributed by atoms with E-state index in [1.807, 2.05) is 6.08 Å². The van der Waals surface area contributed by atoms with Crippen molar-refractivity contribution in [1.29, 1.82) is 0 Å². The number of ether oxygens (including phenoxy) is 1. The smallest absolute Gasteiger partial charge is 0.269 e. The lowest BCUT2D eigenvalue weighted by Gasteiger charge is -2.50. The van der Waals surface area contributed by atoms with Crippen molar-refractivity contribution in [2.24, 2.45) is 23.7 Å². The zero-order valence-corrected chi connectivity index (χ0v) is 29.8. The van der Waals surface area contributed by atoms with Crippen LogP contribution in [0.1, 0.15) is 29.9 Å². The van der Waals surface area contributed by atoms with Crippen LogP contribution in [0, 0.1) is 39.6 Å². The number of hydrazine groups is 1. The van der Waals surface area contributed by atoms with Crippen molar-refractivity contribution in [3.8, 4) is 11.5 Å². The van der Waals surface area contributed by atoms with Gasteiger partial charge in [-0.25, -0.2) is 4.39 Å². The number of amides is 4. The monoisotopic (exact) mass is 770 g/mol. The number of carbonyl (C=O) groups excluding carboxylic acids is 4. The van der Waals surface area contributed by atoms with Gasteiger partial charge in [-0.15, -0.1) is 0 Å². The Hall–Kier alpha value is -5.79. The predicted octanol–water partition coefficient (Wildman–Crippen LogP) is 6.94. The van der Waals surface area contributed by atoms with E-state index in [9.17, 15) is 34.0 Å². The number of halogens is 3. The quantitative estimate of drug-likeness (QED) is 0.0878. The summed E-state index contributed by atoms with van der Waals surface area (Å²) in [6.45, 7) is 0. The average Bonchev–Trinajstić information content (AvgIpc) is 3.54. The zero-order chi connectivity index (χ0) is 38.2. The number of phenolic OH excluding ortho intramolecular Hbond substituents is 1. The van der Waals surface area contributed by atoms with Gasteiger partial charge in [-0.05, 0) is 90.6 Å². The lowest BCUT2D eigenvalue weighted by molar-refractivity contribution is -0.384. The molecule has 274 valence electrons. The third-order valence-corrected chi connectivity index (χ3v) is 11.7. The molecule has 4 aliphatic rings. The molecule has 54 heavy (non-hydrogen) atoms. The lowest BCUT2D eigenvalue weighted by Crippen LogP contribution is -2.53. The number of phenols is 1. The number of benzene rings is 4. The van der Waals surface area contributed by atoms with Gasteiger partial charge >= 0.3 is 0 Å². The molecule has 2 saturated heterocycles. The van der Waals surface area contributed by atoms with Crippen molar-refractivity contribution in [3.63, 3.8) is 0 Å². The van der Waals surface area contributed by atoms with Crippen LogP contribution in [-0.4, -0.2) is 45.8 Å². The SMILES string of the molecule is COc1cc(C2C3=CCC4C(=O)N(c5ccc([N+](=O)[O-])cc5)C(=O)C4C3CC3C(=O)N(Nc4ccc(F)cc4)C(=O)C32c2ccc(Cl)cc2)cc(Cl)c1O. The molecule has 3 fully saturated rings. The van der Waals surface area contributed by atoms with Gasteiger partial charge in [0.05, 0.1) is 51.6 Å². The molecule has 4 amide bonds. The van der Waals surface area contributed by atoms with Crippen LogP contribution in [0.4, 0.5) is 21.5 Å². The van der Waals surface area contributed by atoms with Gasteiger partial charge in [0.15, 0.2) is 11.5 Å². The highest BCUT2D eigenvalue weighted by Gasteiger charge is 2.70. The molecule has 12 nitrogen and oxygen atoms in total. The Kier molecular flexibility index (Phi) is 8.46. The Morgan fingerprint density at radius 2 is 1.61 bits per heavy atom. The normalized spacial score (nSPS) is 25.9. The van der Waals surface area contributed by atoms with E-state index in [4.69, 9.17) is 27.9 Å². The van der Waals surface area contributed by atoms with Crippen molar-refractivity contribution >= 4 is 63.9 Å². The summed E-state index contributed by atoms with van der Waals surface area (Å²) in [5, 5.41) is 23.3. The van der Waals surface area contributed by atoms with E-state index in [1.54, 1.807) is 24.3 Å². The summed E-state index contributed by atoms with van der Waals surface area (Å²) in [6.07, 6.45) is 1.94. The molecule has 0 bridgehead atoms. The van der Waals surface area contributed by atoms with E-state index in [0.717, 1.165) is 9.91 Å². The standard InChI is InChI=1S/C39H29Cl2FN4O8/c1-54-31-17-19(16-30(41)34(31)47)33-26-14-15-27-32(37(50)44(35(27)48)24-10-12-25(13-11-24)46(52)53)28(26)18-29-36(49)45(43-23-8-6-22(42)7-9-23)38(51)39(29,33)20-2-4-21(40)5-3-20/h2-14,16-17,27-29,32-33,43,47H,15,18H2,1H3. The van der Waals surface area contributed by atoms with Crippen LogP contribution in [0.25, 0.3) is 0 Å². The number of aromatic hydroxyl groups is 1. The van der Waals surface area contributed by atoms with Crippen LogP contribution < -0.4 is 15.1 Å². The Labute approximate surface area is 316 Å². The van der Waals surface area contributed by atoms with Crippen molar-refractivity contribution in [1.82, 2.24) is 5.01 Å². The first-order chi connectivity index (χ1) is 25.9. The number of allylic oxidation sites excluding steroid dienone is 2. The van der Waals surface area contributed by atoms with Gasteiger partial charge in [0.1, 0.15) is 5.82 Å². The molecule has 2 aliphatic carbocycles. The van der Waals surface area contributed by atoms with Crippen molar-refractivity contribution in [3.05, 3.63) is 134 Å². The molecule has 4 aromatic rings. The van der Waals surface area contributed by atoms with Gasteiger partial charge in [-0.3, -0.25) is 39.6 Å². The van der Waals surface area contributed by atoms with Crippen LogP contribution in [-0.2, 0) is 24.6 Å². The molecule has 1 saturated carbocycles. The van der Waals surface area contributed by atoms with Gasteiger partial charge in [0.2, 0.25) is 11.8 Å². The van der Waals surface area contributed by atoms with E-state index in [-0.39, 0.29) is 46.4 Å². The molecule has 8 rings (SSSR count). The summed E-state index contributed by atoms with van der Waals surface area (Å²) < 4.78 is 19.4. The number of rotatable bonds is 7. The van der Waals surface area contributed by atoms with E-state index < -0.39 is 69.4 Å². The Balaban J connectivity index is 1.32. The minimum Gasteiger partial charge on any atom is -0.503 e. The number of nitrogens with zero attached hydrogens (tertiary/aromatic N) is 3. The summed E-state index contributed by atoms with van der Waals surface area (Å²) in [4.78, 5) is 70.3. The number of non-ortho nitro benzene ring substituents is 1. The van der Waals surface area contributed by atoms with Crippen molar-refractivity contribution < 1.29 is 38.3 Å². The molecule has 0 spiro atoms. The summed E-state index contributed by atoms with van der Waals surface area (Å²) >= 11 is 12.9. The van der Waals surface area contributed by atoms with E-state index in [2.05, 4.69) is 5.43 Å². The molecule has 0 radical (unpaired) electrons. The highest BCUT2D eigenvalue weighted by atomic mass is 35.5. The summed E-state index contributed by atoms with van der Waals surface area (Å²) in [7, 11) is 1.34. The summed E-state index contributed by atoms with van der Waals surface area (Å²) in [5.74, 6) is -7.75. The van der Waals surface area contributed by atoms with Crippen molar-refractivity contribution in [2.45, 2.75) is 24.2 Å². The van der Waals surface area contributed by atoms with Gasteiger partial charge < -0.3 is 9.84 Å². The number of nitro groups is 1. The molecule has 6 atom stereocenters. The fourth-order valence-corrected chi connectivity index (χ4v) is 9.27. The number of anilines is 2. The molecule has 15 heteroatoms. The zero-order valence-electron chi connectivity index (χ0n) is 28.2. The topological polar surface area (TPSA) is 159 Å². The minimum atomic E-state index is -1.68. The van der Waals surface area contributed by atoms with Gasteiger partial charge in [-0.1, -0.05) is 47.0 Å². The summed E-state index contributed by atoms with van der Waals surface area (Å²) in [6, 6.07) is 19.8. The minimum absolute atomic E-state index is 0.00579. The Bertz CT molecular complexity index is 2300. The van der Waals surface area contributed by atoms with Crippen LogP contribution >= 0.6 is 23.2 Å². The van der Waals surface area contributed by atoms with Crippen LogP contribution in [0.3, 0.4) is 0 Å². The molecule has 2 aliphatic heterocycles. The van der Waals surface area contributed by atoms with E-state index in [1.165, 1.54) is 67.8 Å². The first kappa shape index (κ1) is 35.3. The third-order valence-electron chi connectivity index (χ3n) is 11.2. The number of imide groups is 2. The molecule has 6 unspecified atom stereocenters. The van der Waals surface area contributed by atoms with Gasteiger partial charge in [-0.2, -0.15) is 5.01 Å². The highest BCUT2D eigenvalue weighted by Crippen LogP contribution is 2.65. The van der Waals surface area contributed by atoms with Gasteiger partial charge in [0.25, 0.3) is 17.5 Å². The molecule has 0 aromatic heterocycles. The third kappa shape index (κ3) is 5.17. The maximum atomic E-state index is 15.3. The van der Waals surface area contributed by atoms with Crippen LogP contribution in [0.2, 0.25) is 10.0 Å². The second-order valence-corrected chi connectivity index (χ2v) is 14.6. The van der Waals surface area contributed by atoms with Crippen LogP contribution in [0.15, 0.2) is 96.6 Å². The Morgan fingerprint density at radius 1 is 0.926 bits per heavy atom. The highest BCUT2D eigenvalue weighted by molar-refractivity contribution is 6.32. The maximum absolute atomic E-state index is 15.3. The number of hydrogen-bond donors (Lipinski definition) is 2. The fourth-order valence-electron chi connectivity index (χ4n) is 8.92. The second-order valence-electron chi connectivity index (χ2n) is 13.7. The summed E-state index contributed by atoms with van der Waals surface area (Å²) in [5.41, 5.74) is 2.88. The number of nitro benzene ring substituents is 1. The Morgan fingerprint density at radius 3 is 2.26 bits per heavy atom. The second kappa shape index (κ2) is 13.0. The number of nitrogens with one attached hydrogen (secondary N) is 1. The van der Waals surface area contributed by atoms with Gasteiger partial charge in [0, 0.05) is 23.1 Å². The van der Waals surface area contributed by atoms with E-state index in [0.29, 0.717) is 21.7 Å². The average molecular weight is 772 g/mol. The fraction of sp³-hybridized carbons (Fsp3) is 0.231. The number of hydrogen-bond acceptors (Lipinski definition) is 9. The first-order valence-electron chi connectivity index (χ1n) is 16.9. The predicted molar refractivity (Wildman–Crippen MR) is 194 cm³/mol. The molecule has 2 heterocycles. The lowest BCUT2D eigenvalue weighted by atomic mass is 9.49.